The first-order valence-electron chi connectivity index (χ1n) is 5.33. The largest absolute Gasteiger partial charge is 0.381 e. The molecular weight excluding hydrogens is 241 g/mol. The fourth-order valence-electron chi connectivity index (χ4n) is 1.21. The molecule has 0 aliphatic carbocycles. The summed E-state index contributed by atoms with van der Waals surface area (Å²) in [5.74, 6) is -0.375. The molecular formula is C12H18FNO2S. The first kappa shape index (κ1) is 14.0. The number of hydrogen-bond donors (Lipinski definition) is 1. The minimum Gasteiger partial charge on any atom is -0.381 e. The summed E-state index contributed by atoms with van der Waals surface area (Å²) >= 11 is 0. The number of rotatable bonds is 4. The smallest absolute Gasteiger partial charge is 0.154 e. The van der Waals surface area contributed by atoms with Gasteiger partial charge in [-0.1, -0.05) is 6.07 Å². The predicted octanol–water partition coefficient (Wildman–Crippen LogP) is 2.37. The van der Waals surface area contributed by atoms with Gasteiger partial charge in [-0.25, -0.2) is 12.8 Å². The first-order chi connectivity index (χ1) is 7.63. The van der Waals surface area contributed by atoms with Crippen molar-refractivity contribution in [1.29, 1.82) is 0 Å². The van der Waals surface area contributed by atoms with E-state index < -0.39 is 14.6 Å². The maximum absolute atomic E-state index is 13.4. The van der Waals surface area contributed by atoms with Crippen LogP contribution in [0.4, 0.5) is 10.1 Å². The Balaban J connectivity index is 2.84. The van der Waals surface area contributed by atoms with Crippen molar-refractivity contribution in [3.05, 3.63) is 29.6 Å². The maximum atomic E-state index is 13.4. The topological polar surface area (TPSA) is 46.2 Å². The first-order valence-corrected chi connectivity index (χ1v) is 7.22. The van der Waals surface area contributed by atoms with Crippen LogP contribution in [-0.4, -0.2) is 26.0 Å². The van der Waals surface area contributed by atoms with Crippen molar-refractivity contribution in [2.45, 2.75) is 25.5 Å². The number of hydrogen-bond acceptors (Lipinski definition) is 3. The Labute approximate surface area is 102 Å². The highest BCUT2D eigenvalue weighted by molar-refractivity contribution is 7.92. The summed E-state index contributed by atoms with van der Waals surface area (Å²) in [4.78, 5) is 0. The van der Waals surface area contributed by atoms with E-state index >= 15 is 0 Å². The number of halogens is 1. The number of aryl methyl sites for hydroxylation is 1. The molecule has 0 radical (unpaired) electrons. The molecule has 0 heterocycles. The summed E-state index contributed by atoms with van der Waals surface area (Å²) < 4.78 is 35.5. The third-order valence-corrected chi connectivity index (χ3v) is 4.98. The van der Waals surface area contributed by atoms with Crippen molar-refractivity contribution in [2.75, 3.05) is 18.1 Å². The second kappa shape index (κ2) is 4.64. The molecule has 5 heteroatoms. The third-order valence-electron chi connectivity index (χ3n) is 2.83. The van der Waals surface area contributed by atoms with E-state index in [0.29, 0.717) is 5.69 Å². The molecule has 1 rings (SSSR count). The lowest BCUT2D eigenvalue weighted by molar-refractivity contribution is 0.558. The van der Waals surface area contributed by atoms with E-state index in [1.807, 2.05) is 6.92 Å². The van der Waals surface area contributed by atoms with Crippen molar-refractivity contribution >= 4 is 15.5 Å². The number of nitrogens with one attached hydrogen (secondary N) is 1. The van der Waals surface area contributed by atoms with E-state index in [-0.39, 0.29) is 12.4 Å². The normalized spacial score (nSPS) is 12.5. The molecule has 96 valence electrons. The van der Waals surface area contributed by atoms with Crippen molar-refractivity contribution in [1.82, 2.24) is 0 Å². The fourth-order valence-corrected chi connectivity index (χ4v) is 1.55. The molecule has 0 saturated carbocycles. The van der Waals surface area contributed by atoms with E-state index in [2.05, 4.69) is 5.32 Å². The zero-order valence-corrected chi connectivity index (χ0v) is 11.4. The van der Waals surface area contributed by atoms with Crippen LogP contribution in [0, 0.1) is 12.7 Å². The maximum Gasteiger partial charge on any atom is 0.154 e. The van der Waals surface area contributed by atoms with Gasteiger partial charge in [0.05, 0.1) is 10.4 Å². The standard InChI is InChI=1S/C12H18FNO2S/c1-9-5-6-10(13)11(7-9)14-8-12(2,3)17(4,15)16/h5-7,14H,8H2,1-4H3. The lowest BCUT2D eigenvalue weighted by atomic mass is 10.2. The molecule has 0 fully saturated rings. The number of benzene rings is 1. The van der Waals surface area contributed by atoms with Crippen LogP contribution in [0.1, 0.15) is 19.4 Å². The average Bonchev–Trinajstić information content (AvgIpc) is 2.18. The summed E-state index contributed by atoms with van der Waals surface area (Å²) in [6.45, 7) is 5.25. The molecule has 0 unspecified atom stereocenters. The van der Waals surface area contributed by atoms with E-state index in [1.165, 1.54) is 12.3 Å². The predicted molar refractivity (Wildman–Crippen MR) is 68.5 cm³/mol. The summed E-state index contributed by atoms with van der Waals surface area (Å²) in [6.07, 6.45) is 1.18. The van der Waals surface area contributed by atoms with Crippen LogP contribution in [0.5, 0.6) is 0 Å². The minimum atomic E-state index is -3.18. The Morgan fingerprint density at radius 2 is 1.94 bits per heavy atom. The van der Waals surface area contributed by atoms with Gasteiger partial charge in [0, 0.05) is 12.8 Å². The quantitative estimate of drug-likeness (QED) is 0.903. The summed E-state index contributed by atoms with van der Waals surface area (Å²) in [7, 11) is -3.18. The second-order valence-electron chi connectivity index (χ2n) is 4.87. The van der Waals surface area contributed by atoms with Crippen molar-refractivity contribution in [3.8, 4) is 0 Å². The molecule has 0 bridgehead atoms. The average molecular weight is 259 g/mol. The molecule has 0 aliphatic heterocycles. The summed E-state index contributed by atoms with van der Waals surface area (Å²) in [6, 6.07) is 4.70. The summed E-state index contributed by atoms with van der Waals surface area (Å²) in [5.41, 5.74) is 1.26. The molecule has 1 aromatic rings. The van der Waals surface area contributed by atoms with Gasteiger partial charge in [-0.05, 0) is 38.5 Å². The van der Waals surface area contributed by atoms with Gasteiger partial charge in [0.25, 0.3) is 0 Å². The van der Waals surface area contributed by atoms with E-state index in [0.717, 1.165) is 5.56 Å². The van der Waals surface area contributed by atoms with Crippen LogP contribution in [-0.2, 0) is 9.84 Å². The molecule has 0 saturated heterocycles. The molecule has 0 aromatic heterocycles. The van der Waals surface area contributed by atoms with Gasteiger partial charge in [-0.2, -0.15) is 0 Å². The van der Waals surface area contributed by atoms with Crippen LogP contribution in [0.3, 0.4) is 0 Å². The molecule has 0 aliphatic rings. The van der Waals surface area contributed by atoms with E-state index in [9.17, 15) is 12.8 Å². The van der Waals surface area contributed by atoms with Gasteiger partial charge < -0.3 is 5.32 Å². The zero-order valence-electron chi connectivity index (χ0n) is 10.5. The second-order valence-corrected chi connectivity index (χ2v) is 7.52. The van der Waals surface area contributed by atoms with Gasteiger partial charge in [0.2, 0.25) is 0 Å². The van der Waals surface area contributed by atoms with Crippen LogP contribution in [0.2, 0.25) is 0 Å². The van der Waals surface area contributed by atoms with Crippen LogP contribution < -0.4 is 5.32 Å². The fraction of sp³-hybridized carbons (Fsp3) is 0.500. The highest BCUT2D eigenvalue weighted by Gasteiger charge is 2.30. The molecule has 0 amide bonds. The highest BCUT2D eigenvalue weighted by atomic mass is 32.2. The minimum absolute atomic E-state index is 0.173. The van der Waals surface area contributed by atoms with Gasteiger partial charge >= 0.3 is 0 Å². The Kier molecular flexibility index (Phi) is 3.81. The molecule has 0 atom stereocenters. The molecule has 17 heavy (non-hydrogen) atoms. The molecule has 1 N–H and O–H groups in total. The van der Waals surface area contributed by atoms with Gasteiger partial charge in [0.1, 0.15) is 5.82 Å². The number of anilines is 1. The van der Waals surface area contributed by atoms with E-state index in [4.69, 9.17) is 0 Å². The molecule has 3 nitrogen and oxygen atoms in total. The van der Waals surface area contributed by atoms with E-state index in [1.54, 1.807) is 26.0 Å². The van der Waals surface area contributed by atoms with Crippen LogP contribution in [0.25, 0.3) is 0 Å². The van der Waals surface area contributed by atoms with Crippen LogP contribution in [0.15, 0.2) is 18.2 Å². The third kappa shape index (κ3) is 3.43. The van der Waals surface area contributed by atoms with Crippen molar-refractivity contribution in [3.63, 3.8) is 0 Å². The van der Waals surface area contributed by atoms with Gasteiger partial charge in [0.15, 0.2) is 9.84 Å². The lowest BCUT2D eigenvalue weighted by Crippen LogP contribution is -2.38. The molecule has 1 aromatic carbocycles. The lowest BCUT2D eigenvalue weighted by Gasteiger charge is -2.23. The molecule has 0 spiro atoms. The van der Waals surface area contributed by atoms with Gasteiger partial charge in [-0.15, -0.1) is 0 Å². The number of sulfone groups is 1. The highest BCUT2D eigenvalue weighted by Crippen LogP contribution is 2.20. The zero-order chi connectivity index (χ0) is 13.3. The Morgan fingerprint density at radius 1 is 1.35 bits per heavy atom. The monoisotopic (exact) mass is 259 g/mol. The Hall–Kier alpha value is -1.10. The SMILES string of the molecule is Cc1ccc(F)c(NCC(C)(C)S(C)(=O)=O)c1. The van der Waals surface area contributed by atoms with Crippen LogP contribution >= 0.6 is 0 Å². The Bertz CT molecular complexity index is 509. The Morgan fingerprint density at radius 3 is 2.47 bits per heavy atom. The van der Waals surface area contributed by atoms with Gasteiger partial charge in [-0.3, -0.25) is 0 Å². The van der Waals surface area contributed by atoms with Crippen molar-refractivity contribution < 1.29 is 12.8 Å². The summed E-state index contributed by atoms with van der Waals surface area (Å²) in [5, 5.41) is 2.85. The van der Waals surface area contributed by atoms with Crippen molar-refractivity contribution in [2.24, 2.45) is 0 Å².